The highest BCUT2D eigenvalue weighted by atomic mass is 32.2. The average molecular weight is 422 g/mol. The maximum Gasteiger partial charge on any atom is 0.277 e. The van der Waals surface area contributed by atoms with Crippen LogP contribution >= 0.6 is 23.1 Å². The van der Waals surface area contributed by atoms with Gasteiger partial charge in [0.2, 0.25) is 5.91 Å². The second-order valence-electron chi connectivity index (χ2n) is 6.37. The summed E-state index contributed by atoms with van der Waals surface area (Å²) >= 11 is 2.79. The quantitative estimate of drug-likeness (QED) is 0.387. The molecule has 2 aromatic heterocycles. The molecule has 4 aromatic rings. The minimum Gasteiger partial charge on any atom is -0.410 e. The Morgan fingerprint density at radius 2 is 1.66 bits per heavy atom. The van der Waals surface area contributed by atoms with E-state index in [0.29, 0.717) is 11.1 Å². The summed E-state index contributed by atoms with van der Waals surface area (Å²) in [6.45, 7) is 0. The molecule has 0 atom stereocenters. The summed E-state index contributed by atoms with van der Waals surface area (Å²) in [6.07, 6.45) is 0. The van der Waals surface area contributed by atoms with Gasteiger partial charge in [-0.2, -0.15) is 0 Å². The molecule has 0 radical (unpaired) electrons. The molecule has 0 unspecified atom stereocenters. The molecular weight excluding hydrogens is 402 g/mol. The van der Waals surface area contributed by atoms with Crippen molar-refractivity contribution in [2.45, 2.75) is 11.3 Å². The number of thiophene rings is 1. The summed E-state index contributed by atoms with van der Waals surface area (Å²) in [6, 6.07) is 23.8. The first-order valence-corrected chi connectivity index (χ1v) is 10.9. The normalized spacial score (nSPS) is 11.0. The van der Waals surface area contributed by atoms with E-state index in [4.69, 9.17) is 4.42 Å². The molecule has 0 aliphatic rings. The highest BCUT2D eigenvalue weighted by Crippen LogP contribution is 2.30. The minimum atomic E-state index is -0.158. The van der Waals surface area contributed by atoms with Gasteiger partial charge in [-0.05, 0) is 22.6 Å². The molecule has 4 rings (SSSR count). The Bertz CT molecular complexity index is 1010. The van der Waals surface area contributed by atoms with E-state index in [2.05, 4.69) is 10.2 Å². The van der Waals surface area contributed by atoms with Crippen LogP contribution in [0.25, 0.3) is 10.8 Å². The number of hydrogen-bond acceptors (Lipinski definition) is 6. The lowest BCUT2D eigenvalue weighted by Gasteiger charge is -2.29. The second-order valence-corrected chi connectivity index (χ2v) is 8.24. The molecular formula is C22H19N3O2S2. The van der Waals surface area contributed by atoms with Crippen molar-refractivity contribution in [2.24, 2.45) is 0 Å². The average Bonchev–Trinajstić information content (AvgIpc) is 3.45. The van der Waals surface area contributed by atoms with Gasteiger partial charge in [-0.25, -0.2) is 0 Å². The second kappa shape index (κ2) is 9.07. The van der Waals surface area contributed by atoms with E-state index in [1.54, 1.807) is 4.90 Å². The molecule has 0 aliphatic heterocycles. The zero-order valence-electron chi connectivity index (χ0n) is 15.8. The largest absolute Gasteiger partial charge is 0.410 e. The molecule has 0 fully saturated rings. The zero-order chi connectivity index (χ0) is 20.1. The third-order valence-corrected chi connectivity index (χ3v) is 6.13. The zero-order valence-corrected chi connectivity index (χ0v) is 17.4. The molecule has 2 aromatic carbocycles. The van der Waals surface area contributed by atoms with E-state index >= 15 is 0 Å². The molecule has 0 spiro atoms. The first-order valence-electron chi connectivity index (χ1n) is 9.08. The van der Waals surface area contributed by atoms with Crippen LogP contribution in [0.3, 0.4) is 0 Å². The Labute approximate surface area is 177 Å². The van der Waals surface area contributed by atoms with Gasteiger partial charge in [0, 0.05) is 7.05 Å². The monoisotopic (exact) mass is 421 g/mol. The fourth-order valence-electron chi connectivity index (χ4n) is 3.05. The van der Waals surface area contributed by atoms with Crippen LogP contribution in [0.1, 0.15) is 17.2 Å². The summed E-state index contributed by atoms with van der Waals surface area (Å²) in [5.41, 5.74) is 2.13. The van der Waals surface area contributed by atoms with Crippen molar-refractivity contribution < 1.29 is 9.21 Å². The van der Waals surface area contributed by atoms with Gasteiger partial charge >= 0.3 is 0 Å². The van der Waals surface area contributed by atoms with Crippen LogP contribution in [-0.4, -0.2) is 33.8 Å². The molecule has 29 heavy (non-hydrogen) atoms. The maximum absolute atomic E-state index is 13.0. The fraction of sp³-hybridized carbons (Fsp3) is 0.136. The number of carbonyl (C=O) groups excluding carboxylic acids is 1. The predicted molar refractivity (Wildman–Crippen MR) is 116 cm³/mol. The Balaban J connectivity index is 1.48. The van der Waals surface area contributed by atoms with Gasteiger partial charge < -0.3 is 9.32 Å². The smallest absolute Gasteiger partial charge is 0.277 e. The van der Waals surface area contributed by atoms with E-state index in [9.17, 15) is 4.79 Å². The number of thioether (sulfide) groups is 1. The number of aromatic nitrogens is 2. The number of rotatable bonds is 7. The summed E-state index contributed by atoms with van der Waals surface area (Å²) in [7, 11) is 1.83. The van der Waals surface area contributed by atoms with Crippen LogP contribution in [0.2, 0.25) is 0 Å². The van der Waals surface area contributed by atoms with Crippen molar-refractivity contribution in [3.05, 3.63) is 89.3 Å². The van der Waals surface area contributed by atoms with E-state index in [1.165, 1.54) is 23.1 Å². The van der Waals surface area contributed by atoms with Gasteiger partial charge in [-0.15, -0.1) is 21.5 Å². The molecule has 0 saturated heterocycles. The lowest BCUT2D eigenvalue weighted by molar-refractivity contribution is -0.128. The van der Waals surface area contributed by atoms with Crippen LogP contribution in [0.15, 0.2) is 87.8 Å². The van der Waals surface area contributed by atoms with Gasteiger partial charge in [0.05, 0.1) is 16.7 Å². The van der Waals surface area contributed by atoms with Crippen LogP contribution in [0.5, 0.6) is 0 Å². The fourth-order valence-corrected chi connectivity index (χ4v) is 4.38. The number of nitrogens with zero attached hydrogens (tertiary/aromatic N) is 3. The van der Waals surface area contributed by atoms with Gasteiger partial charge in [0.1, 0.15) is 0 Å². The highest BCUT2D eigenvalue weighted by molar-refractivity contribution is 7.99. The van der Waals surface area contributed by atoms with Crippen LogP contribution in [0, 0.1) is 0 Å². The van der Waals surface area contributed by atoms with Crippen molar-refractivity contribution in [1.29, 1.82) is 0 Å². The Kier molecular flexibility index (Phi) is 6.07. The number of hydrogen-bond donors (Lipinski definition) is 0. The molecule has 146 valence electrons. The van der Waals surface area contributed by atoms with Gasteiger partial charge in [-0.1, -0.05) is 78.5 Å². The van der Waals surface area contributed by atoms with Crippen molar-refractivity contribution >= 4 is 29.0 Å². The van der Waals surface area contributed by atoms with Gasteiger partial charge in [0.25, 0.3) is 11.1 Å². The molecule has 7 heteroatoms. The van der Waals surface area contributed by atoms with Crippen LogP contribution < -0.4 is 0 Å². The van der Waals surface area contributed by atoms with Crippen LogP contribution in [-0.2, 0) is 4.79 Å². The third kappa shape index (κ3) is 4.58. The van der Waals surface area contributed by atoms with E-state index in [0.717, 1.165) is 16.0 Å². The first-order chi connectivity index (χ1) is 14.2. The molecule has 0 saturated carbocycles. The minimum absolute atomic E-state index is 0.0106. The molecule has 5 nitrogen and oxygen atoms in total. The molecule has 2 heterocycles. The highest BCUT2D eigenvalue weighted by Gasteiger charge is 2.24. The lowest BCUT2D eigenvalue weighted by Crippen LogP contribution is -2.33. The molecule has 1 amide bonds. The molecule has 0 bridgehead atoms. The van der Waals surface area contributed by atoms with E-state index in [1.807, 2.05) is 85.2 Å². The van der Waals surface area contributed by atoms with E-state index < -0.39 is 0 Å². The van der Waals surface area contributed by atoms with Crippen LogP contribution in [0.4, 0.5) is 0 Å². The Hall–Kier alpha value is -2.90. The molecule has 0 aliphatic carbocycles. The third-order valence-electron chi connectivity index (χ3n) is 4.47. The maximum atomic E-state index is 13.0. The summed E-state index contributed by atoms with van der Waals surface area (Å²) in [5.74, 6) is 0.692. The summed E-state index contributed by atoms with van der Waals surface area (Å²) in [5, 5.41) is 10.5. The van der Waals surface area contributed by atoms with Gasteiger partial charge in [0.15, 0.2) is 0 Å². The SMILES string of the molecule is CN(C(=O)CSc1nnc(-c2cccs2)o1)C(c1ccccc1)c1ccccc1. The van der Waals surface area contributed by atoms with Crippen molar-refractivity contribution in [2.75, 3.05) is 12.8 Å². The van der Waals surface area contributed by atoms with E-state index in [-0.39, 0.29) is 17.7 Å². The number of benzene rings is 2. The van der Waals surface area contributed by atoms with Gasteiger partial charge in [-0.3, -0.25) is 4.79 Å². The summed E-state index contributed by atoms with van der Waals surface area (Å²) < 4.78 is 5.67. The topological polar surface area (TPSA) is 59.2 Å². The Morgan fingerprint density at radius 1 is 1.00 bits per heavy atom. The predicted octanol–water partition coefficient (Wildman–Crippen LogP) is 5.14. The first kappa shape index (κ1) is 19.4. The standard InChI is InChI=1S/C22H19N3O2S2/c1-25(20(16-9-4-2-5-10-16)17-11-6-3-7-12-17)19(26)15-29-22-24-23-21(27-22)18-13-8-14-28-18/h2-14,20H,15H2,1H3. The van der Waals surface area contributed by atoms with Crippen molar-refractivity contribution in [3.63, 3.8) is 0 Å². The lowest BCUT2D eigenvalue weighted by atomic mass is 9.97. The Morgan fingerprint density at radius 3 is 2.24 bits per heavy atom. The molecule has 0 N–H and O–H groups in total. The summed E-state index contributed by atoms with van der Waals surface area (Å²) in [4.78, 5) is 15.6. The van der Waals surface area contributed by atoms with Crippen molar-refractivity contribution in [3.8, 4) is 10.8 Å². The number of amides is 1. The van der Waals surface area contributed by atoms with Crippen molar-refractivity contribution in [1.82, 2.24) is 15.1 Å². The number of carbonyl (C=O) groups is 1.